The van der Waals surface area contributed by atoms with E-state index in [2.05, 4.69) is 59.1 Å². The molecule has 0 unspecified atom stereocenters. The van der Waals surface area contributed by atoms with E-state index in [4.69, 9.17) is 0 Å². The average molecular weight is 362 g/mol. The number of anilines is 1. The second-order valence-electron chi connectivity index (χ2n) is 6.85. The number of amides is 1. The number of hydrogen-bond donors (Lipinski definition) is 2. The first-order chi connectivity index (χ1) is 13.0. The zero-order valence-electron chi connectivity index (χ0n) is 16.3. The van der Waals surface area contributed by atoms with Gasteiger partial charge in [0.05, 0.1) is 29.7 Å². The highest BCUT2D eigenvalue weighted by atomic mass is 16.1. The summed E-state index contributed by atoms with van der Waals surface area (Å²) in [5, 5.41) is 10.7. The van der Waals surface area contributed by atoms with Crippen molar-refractivity contribution in [2.45, 2.75) is 26.8 Å². The molecule has 2 N–H and O–H groups in total. The lowest BCUT2D eigenvalue weighted by atomic mass is 9.98. The fourth-order valence-electron chi connectivity index (χ4n) is 3.17. The summed E-state index contributed by atoms with van der Waals surface area (Å²) in [4.78, 5) is 12.5. The van der Waals surface area contributed by atoms with Gasteiger partial charge in [-0.25, -0.2) is 0 Å². The van der Waals surface area contributed by atoms with Gasteiger partial charge in [-0.05, 0) is 31.9 Å². The molecule has 1 heterocycles. The van der Waals surface area contributed by atoms with Gasteiger partial charge in [0.1, 0.15) is 0 Å². The zero-order valence-corrected chi connectivity index (χ0v) is 16.3. The quantitative estimate of drug-likeness (QED) is 0.703. The Balaban J connectivity index is 1.74. The summed E-state index contributed by atoms with van der Waals surface area (Å²) in [6.07, 6.45) is 0. The third-order valence-corrected chi connectivity index (χ3v) is 4.78. The molecule has 0 aliphatic heterocycles. The summed E-state index contributed by atoms with van der Waals surface area (Å²) in [5.74, 6) is -0.0813. The summed E-state index contributed by atoms with van der Waals surface area (Å²) in [5.41, 5.74) is 6.03. The van der Waals surface area contributed by atoms with Crippen molar-refractivity contribution in [1.29, 1.82) is 0 Å². The minimum atomic E-state index is -0.0813. The van der Waals surface area contributed by atoms with E-state index in [0.717, 1.165) is 28.2 Å². The number of aromatic nitrogens is 2. The summed E-state index contributed by atoms with van der Waals surface area (Å²) in [7, 11) is 1.87. The minimum absolute atomic E-state index is 0.0476. The van der Waals surface area contributed by atoms with Crippen LogP contribution in [0.5, 0.6) is 0 Å². The zero-order chi connectivity index (χ0) is 19.4. The van der Waals surface area contributed by atoms with Gasteiger partial charge in [-0.2, -0.15) is 5.10 Å². The largest absolute Gasteiger partial charge is 0.322 e. The molecule has 1 atom stereocenters. The van der Waals surface area contributed by atoms with E-state index in [1.54, 1.807) is 4.68 Å². The van der Waals surface area contributed by atoms with Crippen LogP contribution in [-0.2, 0) is 11.8 Å². The molecule has 0 radical (unpaired) electrons. The minimum Gasteiger partial charge on any atom is -0.322 e. The van der Waals surface area contributed by atoms with Crippen LogP contribution in [0.4, 0.5) is 5.69 Å². The van der Waals surface area contributed by atoms with Gasteiger partial charge in [0.15, 0.2) is 0 Å². The molecular formula is C22H26N4O. The Morgan fingerprint density at radius 2 is 1.63 bits per heavy atom. The highest BCUT2D eigenvalue weighted by molar-refractivity contribution is 5.93. The number of nitrogens with zero attached hydrogens (tertiary/aromatic N) is 2. The molecule has 5 heteroatoms. The van der Waals surface area contributed by atoms with Gasteiger partial charge < -0.3 is 5.32 Å². The van der Waals surface area contributed by atoms with E-state index in [9.17, 15) is 4.79 Å². The molecule has 1 aromatic heterocycles. The summed E-state index contributed by atoms with van der Waals surface area (Å²) >= 11 is 0. The van der Waals surface area contributed by atoms with Crippen molar-refractivity contribution in [2.75, 3.05) is 11.9 Å². The number of benzene rings is 2. The van der Waals surface area contributed by atoms with Gasteiger partial charge in [0, 0.05) is 7.05 Å². The molecule has 0 aliphatic carbocycles. The molecule has 27 heavy (non-hydrogen) atoms. The van der Waals surface area contributed by atoms with E-state index in [1.807, 2.05) is 39.1 Å². The number of aryl methyl sites for hydroxylation is 3. The number of nitrogens with one attached hydrogen (secondary N) is 2. The van der Waals surface area contributed by atoms with Crippen molar-refractivity contribution in [1.82, 2.24) is 15.1 Å². The van der Waals surface area contributed by atoms with Gasteiger partial charge in [0.2, 0.25) is 5.91 Å². The Bertz CT molecular complexity index is 913. The fraction of sp³-hybridized carbons (Fsp3) is 0.273. The molecule has 0 fully saturated rings. The van der Waals surface area contributed by atoms with Crippen molar-refractivity contribution in [3.8, 4) is 0 Å². The topological polar surface area (TPSA) is 59.0 Å². The molecule has 1 amide bonds. The Morgan fingerprint density at radius 1 is 1.00 bits per heavy atom. The maximum Gasteiger partial charge on any atom is 0.238 e. The van der Waals surface area contributed by atoms with E-state index in [1.165, 1.54) is 5.56 Å². The third-order valence-electron chi connectivity index (χ3n) is 4.78. The van der Waals surface area contributed by atoms with Crippen LogP contribution in [0, 0.1) is 20.8 Å². The molecule has 0 aliphatic rings. The molecular weight excluding hydrogens is 336 g/mol. The number of rotatable bonds is 6. The predicted molar refractivity (Wildman–Crippen MR) is 109 cm³/mol. The molecule has 140 valence electrons. The summed E-state index contributed by atoms with van der Waals surface area (Å²) in [6.45, 7) is 6.12. The van der Waals surface area contributed by atoms with Crippen LogP contribution in [0.2, 0.25) is 0 Å². The fourth-order valence-corrected chi connectivity index (χ4v) is 3.17. The first-order valence-corrected chi connectivity index (χ1v) is 9.10. The van der Waals surface area contributed by atoms with Crippen LogP contribution in [0.25, 0.3) is 0 Å². The second-order valence-corrected chi connectivity index (χ2v) is 6.85. The van der Waals surface area contributed by atoms with Crippen molar-refractivity contribution >= 4 is 11.6 Å². The van der Waals surface area contributed by atoms with Crippen LogP contribution < -0.4 is 10.6 Å². The van der Waals surface area contributed by atoms with Crippen LogP contribution in [0.15, 0.2) is 54.6 Å². The molecule has 3 aromatic rings. The van der Waals surface area contributed by atoms with Crippen LogP contribution >= 0.6 is 0 Å². The molecule has 0 bridgehead atoms. The molecule has 2 aromatic carbocycles. The third kappa shape index (κ3) is 4.44. The van der Waals surface area contributed by atoms with Crippen molar-refractivity contribution < 1.29 is 4.79 Å². The normalized spacial score (nSPS) is 12.0. The summed E-state index contributed by atoms with van der Waals surface area (Å²) in [6, 6.07) is 18.5. The highest BCUT2D eigenvalue weighted by Crippen LogP contribution is 2.22. The Morgan fingerprint density at radius 3 is 2.22 bits per heavy atom. The van der Waals surface area contributed by atoms with Crippen LogP contribution in [0.3, 0.4) is 0 Å². The molecule has 5 nitrogen and oxygen atoms in total. The monoisotopic (exact) mass is 362 g/mol. The van der Waals surface area contributed by atoms with Gasteiger partial charge in [-0.1, -0.05) is 60.2 Å². The molecule has 0 saturated carbocycles. The van der Waals surface area contributed by atoms with E-state index in [-0.39, 0.29) is 18.5 Å². The standard InChI is InChI=1S/C22H26N4O/c1-15-10-12-19(13-11-15)22(18-8-6-5-7-9-18)23-14-20(27)24-21-16(2)25-26(4)17(21)3/h5-13,22-23H,14H2,1-4H3,(H,24,27)/t22-/m1/s1. The van der Waals surface area contributed by atoms with Gasteiger partial charge in [0.25, 0.3) is 0 Å². The lowest BCUT2D eigenvalue weighted by molar-refractivity contribution is -0.115. The number of carbonyl (C=O) groups is 1. The Hall–Kier alpha value is -2.92. The molecule has 0 spiro atoms. The van der Waals surface area contributed by atoms with Crippen molar-refractivity contribution in [3.05, 3.63) is 82.7 Å². The van der Waals surface area contributed by atoms with Crippen LogP contribution in [0.1, 0.15) is 34.1 Å². The number of carbonyl (C=O) groups excluding carboxylic acids is 1. The maximum absolute atomic E-state index is 12.5. The Labute approximate surface area is 160 Å². The van der Waals surface area contributed by atoms with Crippen molar-refractivity contribution in [2.24, 2.45) is 7.05 Å². The van der Waals surface area contributed by atoms with E-state index in [0.29, 0.717) is 0 Å². The van der Waals surface area contributed by atoms with Gasteiger partial charge >= 0.3 is 0 Å². The Kier molecular flexibility index (Phi) is 5.72. The highest BCUT2D eigenvalue weighted by Gasteiger charge is 2.17. The van der Waals surface area contributed by atoms with Crippen LogP contribution in [-0.4, -0.2) is 22.2 Å². The number of hydrogen-bond acceptors (Lipinski definition) is 3. The second kappa shape index (κ2) is 8.18. The van der Waals surface area contributed by atoms with Gasteiger partial charge in [-0.15, -0.1) is 0 Å². The molecule has 0 saturated heterocycles. The average Bonchev–Trinajstić information content (AvgIpc) is 2.90. The first kappa shape index (κ1) is 18.9. The first-order valence-electron chi connectivity index (χ1n) is 9.10. The summed E-state index contributed by atoms with van der Waals surface area (Å²) < 4.78 is 1.78. The smallest absolute Gasteiger partial charge is 0.238 e. The molecule has 3 rings (SSSR count). The predicted octanol–water partition coefficient (Wildman–Crippen LogP) is 3.66. The van der Waals surface area contributed by atoms with Crippen molar-refractivity contribution in [3.63, 3.8) is 0 Å². The lowest BCUT2D eigenvalue weighted by Gasteiger charge is -2.20. The van der Waals surface area contributed by atoms with E-state index < -0.39 is 0 Å². The SMILES string of the molecule is Cc1ccc([C@H](NCC(=O)Nc2c(C)nn(C)c2C)c2ccccc2)cc1. The maximum atomic E-state index is 12.5. The van der Waals surface area contributed by atoms with E-state index >= 15 is 0 Å². The van der Waals surface area contributed by atoms with Gasteiger partial charge in [-0.3, -0.25) is 14.8 Å². The lowest BCUT2D eigenvalue weighted by Crippen LogP contribution is -2.32.